The van der Waals surface area contributed by atoms with Crippen molar-refractivity contribution in [3.8, 4) is 0 Å². The predicted octanol–water partition coefficient (Wildman–Crippen LogP) is 3.25. The highest BCUT2D eigenvalue weighted by Gasteiger charge is 2.43. The maximum atomic E-state index is 14.4. The molecule has 0 saturated carbocycles. The van der Waals surface area contributed by atoms with Crippen molar-refractivity contribution in [2.24, 2.45) is 28.8 Å². The van der Waals surface area contributed by atoms with Crippen molar-refractivity contribution in [1.82, 2.24) is 36.0 Å². The minimum absolute atomic E-state index is 0.0166. The fourth-order valence-electron chi connectivity index (χ4n) is 8.80. The molecule has 20 heteroatoms. The Morgan fingerprint density at radius 2 is 1.48 bits per heavy atom. The smallest absolute Gasteiger partial charge is 0.245 e. The molecule has 7 amide bonds. The molecule has 0 aliphatic carbocycles. The summed E-state index contributed by atoms with van der Waals surface area (Å²) < 4.78 is 12.0. The van der Waals surface area contributed by atoms with Gasteiger partial charge in [0.05, 0.1) is 55.8 Å². The Hall–Kier alpha value is -5.30. The van der Waals surface area contributed by atoms with Crippen molar-refractivity contribution < 1.29 is 43.0 Å². The fourth-order valence-corrected chi connectivity index (χ4v) is 8.80. The third kappa shape index (κ3) is 17.7. The Morgan fingerprint density at radius 3 is 2.01 bits per heavy atom. The van der Waals surface area contributed by atoms with Crippen LogP contribution in [-0.4, -0.2) is 160 Å². The molecule has 0 spiro atoms. The molecular weight excluding hydrogens is 863 g/mol. The van der Waals surface area contributed by atoms with Crippen molar-refractivity contribution in [1.29, 1.82) is 0 Å². The summed E-state index contributed by atoms with van der Waals surface area (Å²) in [6.07, 6.45) is 1.13. The van der Waals surface area contributed by atoms with E-state index in [1.54, 1.807) is 55.0 Å². The molecule has 1 aromatic carbocycles. The van der Waals surface area contributed by atoms with E-state index in [0.29, 0.717) is 37.9 Å². The van der Waals surface area contributed by atoms with Crippen molar-refractivity contribution in [2.75, 3.05) is 66.9 Å². The molecule has 0 unspecified atom stereocenters. The average molecular weight is 942 g/mol. The number of anilines is 1. The van der Waals surface area contributed by atoms with Gasteiger partial charge in [-0.1, -0.05) is 79.1 Å². The van der Waals surface area contributed by atoms with Gasteiger partial charge in [0.25, 0.3) is 0 Å². The van der Waals surface area contributed by atoms with Gasteiger partial charge >= 0.3 is 0 Å². The van der Waals surface area contributed by atoms with E-state index in [1.807, 2.05) is 60.5 Å². The molecule has 67 heavy (non-hydrogen) atoms. The maximum Gasteiger partial charge on any atom is 0.245 e. The summed E-state index contributed by atoms with van der Waals surface area (Å²) >= 11 is 0. The number of amides is 7. The van der Waals surface area contributed by atoms with E-state index < -0.39 is 60.1 Å². The number of hydrogen-bond acceptors (Lipinski definition) is 11. The van der Waals surface area contributed by atoms with Gasteiger partial charge in [-0.2, -0.15) is 0 Å². The van der Waals surface area contributed by atoms with Crippen LogP contribution in [0.5, 0.6) is 0 Å². The first-order chi connectivity index (χ1) is 31.6. The number of nitrogens with zero attached hydrogens (tertiary/aromatic N) is 6. The zero-order valence-corrected chi connectivity index (χ0v) is 42.1. The number of azide groups is 1. The molecule has 0 aromatic heterocycles. The lowest BCUT2D eigenvalue weighted by Gasteiger charge is -2.41. The lowest BCUT2D eigenvalue weighted by molar-refractivity contribution is -0.148. The number of likely N-dealkylation sites (tertiary alicyclic amines) is 1. The van der Waals surface area contributed by atoms with Crippen LogP contribution in [0.3, 0.4) is 0 Å². The Morgan fingerprint density at radius 1 is 0.851 bits per heavy atom. The molecule has 9 atom stereocenters. The molecule has 0 radical (unpaired) electrons. The number of carbonyl (C=O) groups is 7. The van der Waals surface area contributed by atoms with E-state index in [4.69, 9.17) is 15.0 Å². The zero-order chi connectivity index (χ0) is 50.5. The van der Waals surface area contributed by atoms with Crippen LogP contribution in [0.15, 0.2) is 29.4 Å². The highest BCUT2D eigenvalue weighted by molar-refractivity contribution is 5.95. The number of benzene rings is 1. The Bertz CT molecular complexity index is 1830. The molecule has 2 rings (SSSR count). The summed E-state index contributed by atoms with van der Waals surface area (Å²) in [7, 11) is 8.43. The van der Waals surface area contributed by atoms with Gasteiger partial charge in [0.15, 0.2) is 0 Å². The highest BCUT2D eigenvalue weighted by Crippen LogP contribution is 2.30. The summed E-state index contributed by atoms with van der Waals surface area (Å²) in [6.45, 7) is 15.0. The number of ether oxygens (including phenoxy) is 2. The standard InChI is InChI=1S/C47H79N11O9/c1-14-30(7)43(57(11)47(65)41(28(3)4)54-46(64)42(29(5)6)56(9)10)36(66-12)24-40(62)58-22-16-17-35(58)44(67-13)31(8)45(63)53-34(25-51-55-48)23-32-18-20-33(21-19-32)52-39(61)27-50-38(60)26-49-37(59)15-2/h18-21,28-31,34-36,41-44H,14-17,22-27H2,1-13H3,(H,49,59)(H,50,60)(H,52,61)(H,53,63)(H,54,64)/t30-,31+,34-,35-,36+,41-,42-,43-,44+/m0/s1. The van der Waals surface area contributed by atoms with Crippen molar-refractivity contribution in [3.05, 3.63) is 40.3 Å². The topological polar surface area (TPSA) is 257 Å². The normalized spacial score (nSPS) is 17.3. The minimum Gasteiger partial charge on any atom is -0.379 e. The van der Waals surface area contributed by atoms with E-state index in [1.165, 1.54) is 14.2 Å². The van der Waals surface area contributed by atoms with Gasteiger partial charge in [0.1, 0.15) is 6.04 Å². The summed E-state index contributed by atoms with van der Waals surface area (Å²) in [6, 6.07) is 4.10. The first-order valence-electron chi connectivity index (χ1n) is 23.5. The van der Waals surface area contributed by atoms with E-state index in [-0.39, 0.29) is 79.8 Å². The Balaban J connectivity index is 2.19. The fraction of sp³-hybridized carbons (Fsp3) is 0.723. The van der Waals surface area contributed by atoms with Gasteiger partial charge in [0, 0.05) is 57.4 Å². The first-order valence-corrected chi connectivity index (χ1v) is 23.5. The predicted molar refractivity (Wildman–Crippen MR) is 256 cm³/mol. The lowest BCUT2D eigenvalue weighted by Crippen LogP contribution is -2.59. The van der Waals surface area contributed by atoms with Gasteiger partial charge < -0.3 is 45.9 Å². The number of methoxy groups -OCH3 is 2. The Labute approximate surface area is 397 Å². The van der Waals surface area contributed by atoms with Crippen LogP contribution in [0, 0.1) is 23.7 Å². The molecule has 1 aliphatic rings. The quantitative estimate of drug-likeness (QED) is 0.0466. The second-order valence-corrected chi connectivity index (χ2v) is 18.4. The Kier molecular flexibility index (Phi) is 24.8. The molecule has 0 bridgehead atoms. The van der Waals surface area contributed by atoms with Crippen molar-refractivity contribution in [3.63, 3.8) is 0 Å². The SMILES string of the molecule is CCC(=O)NCC(=O)NCC(=O)Nc1ccc(C[C@@H](CN=[N+]=[N-])NC(=O)[C@H](C)[C@@H](OC)[C@@H]2CCCN2C(=O)C[C@@H](OC)[C@H]([C@@H](C)CC)N(C)C(=O)[C@@H](NC(=O)[C@H](C(C)C)N(C)C)C(C)C)cc1. The molecule has 20 nitrogen and oxygen atoms in total. The number of carbonyl (C=O) groups excluding carboxylic acids is 7. The third-order valence-electron chi connectivity index (χ3n) is 12.6. The van der Waals surface area contributed by atoms with Gasteiger partial charge in [0.2, 0.25) is 41.4 Å². The zero-order valence-electron chi connectivity index (χ0n) is 42.1. The average Bonchev–Trinajstić information content (AvgIpc) is 3.77. The summed E-state index contributed by atoms with van der Waals surface area (Å²) in [5.41, 5.74) is 10.4. The van der Waals surface area contributed by atoms with E-state index in [0.717, 1.165) is 5.56 Å². The maximum absolute atomic E-state index is 14.4. The van der Waals surface area contributed by atoms with E-state index in [2.05, 4.69) is 36.6 Å². The lowest BCUT2D eigenvalue weighted by atomic mass is 9.89. The number of nitrogens with one attached hydrogen (secondary N) is 5. The van der Waals surface area contributed by atoms with Crippen LogP contribution in [0.25, 0.3) is 10.4 Å². The van der Waals surface area contributed by atoms with Crippen LogP contribution in [-0.2, 0) is 49.5 Å². The number of likely N-dealkylation sites (N-methyl/N-ethyl adjacent to an activating group) is 2. The minimum atomic E-state index is -0.801. The van der Waals surface area contributed by atoms with Gasteiger partial charge in [-0.3, -0.25) is 38.5 Å². The van der Waals surface area contributed by atoms with Crippen molar-refractivity contribution in [2.45, 2.75) is 136 Å². The molecule has 1 aromatic rings. The third-order valence-corrected chi connectivity index (χ3v) is 12.6. The molecule has 376 valence electrons. The van der Waals surface area contributed by atoms with Crippen LogP contribution in [0.4, 0.5) is 5.69 Å². The second-order valence-electron chi connectivity index (χ2n) is 18.4. The summed E-state index contributed by atoms with van der Waals surface area (Å²) in [5, 5.41) is 17.3. The molecule has 1 aliphatic heterocycles. The van der Waals surface area contributed by atoms with E-state index in [9.17, 15) is 33.6 Å². The van der Waals surface area contributed by atoms with Gasteiger partial charge in [-0.25, -0.2) is 0 Å². The van der Waals surface area contributed by atoms with Gasteiger partial charge in [-0.15, -0.1) is 0 Å². The van der Waals surface area contributed by atoms with Crippen LogP contribution in [0.1, 0.15) is 93.1 Å². The molecule has 5 N–H and O–H groups in total. The largest absolute Gasteiger partial charge is 0.379 e. The molecule has 1 fully saturated rings. The van der Waals surface area contributed by atoms with Crippen LogP contribution in [0.2, 0.25) is 0 Å². The number of rotatable bonds is 28. The molecule has 1 saturated heterocycles. The van der Waals surface area contributed by atoms with Crippen molar-refractivity contribution >= 4 is 47.0 Å². The molecule has 1 heterocycles. The van der Waals surface area contributed by atoms with Crippen LogP contribution < -0.4 is 26.6 Å². The van der Waals surface area contributed by atoms with Gasteiger partial charge in [-0.05, 0) is 74.3 Å². The van der Waals surface area contributed by atoms with Crippen LogP contribution >= 0.6 is 0 Å². The summed E-state index contributed by atoms with van der Waals surface area (Å²) in [5.74, 6) is -3.27. The molecular formula is C47H79N11O9. The summed E-state index contributed by atoms with van der Waals surface area (Å²) in [4.78, 5) is 100.0. The second kappa shape index (κ2) is 28.8. The van der Waals surface area contributed by atoms with E-state index >= 15 is 0 Å². The highest BCUT2D eigenvalue weighted by atomic mass is 16.5. The monoisotopic (exact) mass is 942 g/mol. The first kappa shape index (κ1) is 57.8. The number of hydrogen-bond donors (Lipinski definition) is 5.